The molecule has 1 aromatic rings. The van der Waals surface area contributed by atoms with E-state index in [0.29, 0.717) is 12.4 Å². The van der Waals surface area contributed by atoms with E-state index in [4.69, 9.17) is 5.14 Å². The molecule has 1 aliphatic rings. The van der Waals surface area contributed by atoms with Gasteiger partial charge >= 0.3 is 6.09 Å². The maximum atomic E-state index is 11.4. The second kappa shape index (κ2) is 7.63. The lowest BCUT2D eigenvalue weighted by Crippen LogP contribution is -2.41. The summed E-state index contributed by atoms with van der Waals surface area (Å²) in [7, 11) is -3.86. The van der Waals surface area contributed by atoms with Crippen LogP contribution in [0, 0.1) is 5.92 Å². The lowest BCUT2D eigenvalue weighted by atomic mass is 9.92. The summed E-state index contributed by atoms with van der Waals surface area (Å²) >= 11 is 0. The van der Waals surface area contributed by atoms with Crippen LogP contribution in [0.5, 0.6) is 0 Å². The van der Waals surface area contributed by atoms with Crippen LogP contribution in [0.3, 0.4) is 0 Å². The summed E-state index contributed by atoms with van der Waals surface area (Å²) in [5, 5.41) is 17.4. The van der Waals surface area contributed by atoms with Crippen molar-refractivity contribution in [3.63, 3.8) is 0 Å². The van der Waals surface area contributed by atoms with Crippen LogP contribution in [-0.2, 0) is 10.0 Å². The normalized spacial score (nSPS) is 20.6. The quantitative estimate of drug-likeness (QED) is 0.621. The zero-order valence-electron chi connectivity index (χ0n) is 15.1. The molecule has 8 nitrogen and oxygen atoms in total. The predicted molar refractivity (Wildman–Crippen MR) is 99.4 cm³/mol. The molecule has 0 bridgehead atoms. The van der Waals surface area contributed by atoms with Crippen molar-refractivity contribution in [3.8, 4) is 0 Å². The lowest BCUT2D eigenvalue weighted by molar-refractivity contribution is 0.117. The van der Waals surface area contributed by atoms with E-state index in [1.165, 1.54) is 11.0 Å². The fraction of sp³-hybridized carbons (Fsp3) is 0.529. The van der Waals surface area contributed by atoms with E-state index in [-0.39, 0.29) is 22.5 Å². The van der Waals surface area contributed by atoms with Crippen LogP contribution in [0.2, 0.25) is 0 Å². The lowest BCUT2D eigenvalue weighted by Gasteiger charge is -2.28. The zero-order valence-corrected chi connectivity index (χ0v) is 15.9. The number of primary sulfonamides is 1. The number of nitrogens with zero attached hydrogens (tertiary/aromatic N) is 2. The maximum Gasteiger partial charge on any atom is 0.407 e. The SMILES string of the molecule is C=CC(CC[C@@H]1CN(C(=O)O)C(C)(C)C1)Nc1cccc(S(N)(=O)=O)n1. The van der Waals surface area contributed by atoms with Crippen molar-refractivity contribution in [1.29, 1.82) is 0 Å². The van der Waals surface area contributed by atoms with Gasteiger partial charge in [0, 0.05) is 18.1 Å². The van der Waals surface area contributed by atoms with E-state index in [1.54, 1.807) is 18.2 Å². The van der Waals surface area contributed by atoms with Gasteiger partial charge in [0.05, 0.1) is 0 Å². The minimum atomic E-state index is -3.86. The minimum Gasteiger partial charge on any atom is -0.465 e. The highest BCUT2D eigenvalue weighted by Crippen LogP contribution is 2.35. The average molecular weight is 382 g/mol. The number of anilines is 1. The van der Waals surface area contributed by atoms with Gasteiger partial charge in [-0.2, -0.15) is 0 Å². The number of carbonyl (C=O) groups is 1. The summed E-state index contributed by atoms with van der Waals surface area (Å²) in [5.74, 6) is 0.675. The molecule has 0 aromatic carbocycles. The van der Waals surface area contributed by atoms with Crippen molar-refractivity contribution < 1.29 is 18.3 Å². The Bertz CT molecular complexity index is 779. The van der Waals surface area contributed by atoms with E-state index >= 15 is 0 Å². The first kappa shape index (κ1) is 20.2. The Morgan fingerprint density at radius 2 is 2.27 bits per heavy atom. The molecule has 9 heteroatoms. The molecule has 26 heavy (non-hydrogen) atoms. The van der Waals surface area contributed by atoms with Crippen LogP contribution < -0.4 is 10.5 Å². The molecular formula is C17H26N4O4S. The van der Waals surface area contributed by atoms with Gasteiger partial charge in [-0.1, -0.05) is 12.1 Å². The molecule has 1 aromatic heterocycles. The average Bonchev–Trinajstić information content (AvgIpc) is 2.85. The number of hydrogen-bond donors (Lipinski definition) is 3. The molecule has 0 spiro atoms. The molecule has 144 valence electrons. The van der Waals surface area contributed by atoms with Gasteiger partial charge in [0.2, 0.25) is 0 Å². The Balaban J connectivity index is 1.97. The monoisotopic (exact) mass is 382 g/mol. The third-order valence-corrected chi connectivity index (χ3v) is 5.52. The van der Waals surface area contributed by atoms with Gasteiger partial charge in [-0.15, -0.1) is 6.58 Å². The molecule has 1 amide bonds. The second-order valence-electron chi connectivity index (χ2n) is 7.25. The van der Waals surface area contributed by atoms with Crippen LogP contribution in [0.25, 0.3) is 0 Å². The fourth-order valence-corrected chi connectivity index (χ4v) is 3.92. The van der Waals surface area contributed by atoms with Crippen LogP contribution in [0.1, 0.15) is 33.1 Å². The Hall–Kier alpha value is -2.13. The molecule has 0 radical (unpaired) electrons. The Morgan fingerprint density at radius 1 is 1.58 bits per heavy atom. The molecule has 0 aliphatic carbocycles. The third kappa shape index (κ3) is 4.95. The smallest absolute Gasteiger partial charge is 0.407 e. The highest BCUT2D eigenvalue weighted by molar-refractivity contribution is 7.89. The molecule has 1 aliphatic heterocycles. The number of amides is 1. The summed E-state index contributed by atoms with van der Waals surface area (Å²) in [6.45, 7) is 8.20. The van der Waals surface area contributed by atoms with Crippen molar-refractivity contribution in [2.24, 2.45) is 11.1 Å². The van der Waals surface area contributed by atoms with E-state index in [1.807, 2.05) is 13.8 Å². The van der Waals surface area contributed by atoms with Gasteiger partial charge < -0.3 is 15.3 Å². The first-order chi connectivity index (χ1) is 12.0. The van der Waals surface area contributed by atoms with Crippen molar-refractivity contribution in [2.45, 2.75) is 49.7 Å². The van der Waals surface area contributed by atoms with Gasteiger partial charge in [-0.25, -0.2) is 23.3 Å². The second-order valence-corrected chi connectivity index (χ2v) is 8.75. The topological polar surface area (TPSA) is 126 Å². The van der Waals surface area contributed by atoms with Crippen LogP contribution >= 0.6 is 0 Å². The highest BCUT2D eigenvalue weighted by atomic mass is 32.2. The van der Waals surface area contributed by atoms with Crippen LogP contribution in [0.15, 0.2) is 35.9 Å². The number of nitrogens with one attached hydrogen (secondary N) is 1. The first-order valence-corrected chi connectivity index (χ1v) is 9.97. The summed E-state index contributed by atoms with van der Waals surface area (Å²) in [6.07, 6.45) is 3.22. The minimum absolute atomic E-state index is 0.111. The number of nitrogens with two attached hydrogens (primary N) is 1. The summed E-state index contributed by atoms with van der Waals surface area (Å²) < 4.78 is 22.8. The summed E-state index contributed by atoms with van der Waals surface area (Å²) in [6, 6.07) is 4.46. The van der Waals surface area contributed by atoms with Crippen molar-refractivity contribution in [2.75, 3.05) is 11.9 Å². The van der Waals surface area contributed by atoms with Crippen LogP contribution in [-0.4, -0.2) is 47.6 Å². The van der Waals surface area contributed by atoms with E-state index in [9.17, 15) is 18.3 Å². The van der Waals surface area contributed by atoms with Crippen molar-refractivity contribution in [1.82, 2.24) is 9.88 Å². The number of aromatic nitrogens is 1. The molecule has 1 saturated heterocycles. The fourth-order valence-electron chi connectivity index (χ4n) is 3.42. The molecule has 1 unspecified atom stereocenters. The molecule has 4 N–H and O–H groups in total. The standard InChI is InChI=1S/C17H26N4O4S/c1-4-13(19-14-6-5-7-15(20-14)26(18,24)25)9-8-12-10-17(2,3)21(11-12)16(22)23/h4-7,12-13H,1,8-11H2,2-3H3,(H,19,20)(H,22,23)(H2,18,24,25)/t12-,13?/m0/s1. The predicted octanol–water partition coefficient (Wildman–Crippen LogP) is 2.25. The van der Waals surface area contributed by atoms with Gasteiger partial charge in [0.25, 0.3) is 10.0 Å². The first-order valence-electron chi connectivity index (χ1n) is 8.42. The third-order valence-electron chi connectivity index (χ3n) is 4.71. The number of sulfonamides is 1. The Labute approximate surface area is 154 Å². The van der Waals surface area contributed by atoms with E-state index in [0.717, 1.165) is 19.3 Å². The zero-order chi connectivity index (χ0) is 19.5. The van der Waals surface area contributed by atoms with E-state index in [2.05, 4.69) is 16.9 Å². The van der Waals surface area contributed by atoms with Crippen LogP contribution in [0.4, 0.5) is 10.6 Å². The molecule has 1 fully saturated rings. The largest absolute Gasteiger partial charge is 0.465 e. The molecule has 0 saturated carbocycles. The number of rotatable bonds is 7. The van der Waals surface area contributed by atoms with Gasteiger partial charge in [-0.3, -0.25) is 0 Å². The molecular weight excluding hydrogens is 356 g/mol. The van der Waals surface area contributed by atoms with Crippen molar-refractivity contribution >= 4 is 21.9 Å². The summed E-state index contributed by atoms with van der Waals surface area (Å²) in [4.78, 5) is 16.8. The molecule has 2 rings (SSSR count). The molecule has 2 heterocycles. The van der Waals surface area contributed by atoms with Gasteiger partial charge in [0.15, 0.2) is 5.03 Å². The number of pyridine rings is 1. The highest BCUT2D eigenvalue weighted by Gasteiger charge is 2.40. The Kier molecular flexibility index (Phi) is 5.92. The summed E-state index contributed by atoms with van der Waals surface area (Å²) in [5.41, 5.74) is -0.362. The number of likely N-dealkylation sites (tertiary alicyclic amines) is 1. The van der Waals surface area contributed by atoms with E-state index < -0.39 is 16.1 Å². The Morgan fingerprint density at radius 3 is 2.81 bits per heavy atom. The van der Waals surface area contributed by atoms with Gasteiger partial charge in [0.1, 0.15) is 5.82 Å². The van der Waals surface area contributed by atoms with Crippen molar-refractivity contribution in [3.05, 3.63) is 30.9 Å². The number of carboxylic acid groups (broad SMARTS) is 1. The molecule has 2 atom stereocenters. The van der Waals surface area contributed by atoms with Gasteiger partial charge in [-0.05, 0) is 51.2 Å². The maximum absolute atomic E-state index is 11.4. The number of hydrogen-bond acceptors (Lipinski definition) is 5.